The van der Waals surface area contributed by atoms with Gasteiger partial charge in [-0.05, 0) is 103 Å². The molecule has 0 aliphatic heterocycles. The first-order valence-corrected chi connectivity index (χ1v) is 36.4. The van der Waals surface area contributed by atoms with Gasteiger partial charge in [0.05, 0.1) is 6.61 Å². The van der Waals surface area contributed by atoms with Crippen LogP contribution in [0.3, 0.4) is 0 Å². The monoisotopic (exact) mass is 1170 g/mol. The summed E-state index contributed by atoms with van der Waals surface area (Å²) in [5, 5.41) is 9.71. The Morgan fingerprint density at radius 1 is 0.286 bits per heavy atom. The maximum absolute atomic E-state index is 12.4. The number of hydrogen-bond donors (Lipinski definition) is 1. The normalized spacial score (nSPS) is 12.8. The minimum Gasteiger partial charge on any atom is -0.462 e. The van der Waals surface area contributed by atoms with E-state index in [1.54, 1.807) is 0 Å². The van der Waals surface area contributed by atoms with Crippen LogP contribution in [-0.4, -0.2) is 36.4 Å². The van der Waals surface area contributed by atoms with Gasteiger partial charge in [0.2, 0.25) is 0 Å². The Morgan fingerprint density at radius 2 is 0.512 bits per heavy atom. The van der Waals surface area contributed by atoms with Gasteiger partial charge in [0.15, 0.2) is 6.10 Å². The lowest BCUT2D eigenvalue weighted by molar-refractivity contribution is -0.161. The van der Waals surface area contributed by atoms with Crippen molar-refractivity contribution in [2.45, 2.75) is 367 Å². The SMILES string of the molecule is CC/C=C\C/C=C\C/C=C\C/C=C\C/C=C\C/C=C\C/C=C\C/C=C\CCCCCCCCCCCCC(=O)OC(CO)COC(=O)CCCCCCCCCCCCCCCCCCCCCCCCC/C=C\CCCCCCCCCC. The maximum atomic E-state index is 12.4. The van der Waals surface area contributed by atoms with Gasteiger partial charge >= 0.3 is 11.9 Å². The third kappa shape index (κ3) is 71.0. The van der Waals surface area contributed by atoms with Gasteiger partial charge in [-0.1, -0.05) is 354 Å². The van der Waals surface area contributed by atoms with Crippen LogP contribution in [0.5, 0.6) is 0 Å². The smallest absolute Gasteiger partial charge is 0.306 e. The van der Waals surface area contributed by atoms with E-state index in [0.29, 0.717) is 12.8 Å². The third-order valence-electron chi connectivity index (χ3n) is 16.1. The minimum atomic E-state index is -0.781. The Kier molecular flexibility index (Phi) is 70.8. The molecular weight excluding hydrogens is 1030 g/mol. The molecule has 0 radical (unpaired) electrons. The van der Waals surface area contributed by atoms with E-state index < -0.39 is 6.10 Å². The van der Waals surface area contributed by atoms with E-state index in [1.807, 2.05) is 0 Å². The molecule has 0 saturated carbocycles. The molecule has 1 unspecified atom stereocenters. The zero-order valence-corrected chi connectivity index (χ0v) is 55.6. The van der Waals surface area contributed by atoms with Gasteiger partial charge in [-0.3, -0.25) is 9.59 Å². The quantitative estimate of drug-likeness (QED) is 0.0373. The number of carbonyl (C=O) groups excluding carboxylic acids is 2. The predicted octanol–water partition coefficient (Wildman–Crippen LogP) is 25.5. The topological polar surface area (TPSA) is 72.8 Å². The van der Waals surface area contributed by atoms with Crippen LogP contribution >= 0.6 is 0 Å². The minimum absolute atomic E-state index is 0.0687. The molecule has 0 bridgehead atoms. The van der Waals surface area contributed by atoms with Crippen molar-refractivity contribution in [1.29, 1.82) is 0 Å². The average molecular weight is 1170 g/mol. The second-order valence-electron chi connectivity index (χ2n) is 24.3. The molecular formula is C79H138O5. The molecule has 0 fully saturated rings. The van der Waals surface area contributed by atoms with Crippen molar-refractivity contribution < 1.29 is 24.2 Å². The van der Waals surface area contributed by atoms with Crippen LogP contribution < -0.4 is 0 Å². The van der Waals surface area contributed by atoms with Crippen LogP contribution in [0.25, 0.3) is 0 Å². The summed E-state index contributed by atoms with van der Waals surface area (Å²) in [4.78, 5) is 24.7. The summed E-state index contributed by atoms with van der Waals surface area (Å²) in [6, 6.07) is 0. The first-order chi connectivity index (χ1) is 41.6. The molecule has 0 heterocycles. The van der Waals surface area contributed by atoms with E-state index in [2.05, 4.69) is 123 Å². The van der Waals surface area contributed by atoms with Crippen molar-refractivity contribution in [2.24, 2.45) is 0 Å². The van der Waals surface area contributed by atoms with Gasteiger partial charge in [-0.15, -0.1) is 0 Å². The standard InChI is InChI=1S/C79H138O5/c1-3-5-7-9-11-13-15-17-19-21-23-25-27-29-31-33-35-37-39-41-43-45-47-49-51-53-55-57-59-61-63-65-67-69-71-73-78(81)83-76-77(75-80)84-79(82)74-72-70-68-66-64-62-60-58-56-54-52-50-48-46-44-42-40-38-36-34-32-30-28-26-24-22-20-18-16-14-12-10-8-6-4-2/h6,8,12,14,18,20-21,23-24,26,30,32,36,38,42,44,48,50,77,80H,3-5,7,9-11,13,15-17,19,22,25,27-29,31,33-35,37,39-41,43,45-47,49,51-76H2,1-2H3/b8-6-,14-12-,20-18-,23-21-,26-24-,32-30-,38-36-,44-42-,50-48-. The highest BCUT2D eigenvalue weighted by Crippen LogP contribution is 2.18. The Labute approximate surface area is 522 Å². The van der Waals surface area contributed by atoms with Gasteiger partial charge in [0.1, 0.15) is 6.61 Å². The highest BCUT2D eigenvalue weighted by Gasteiger charge is 2.16. The van der Waals surface area contributed by atoms with Gasteiger partial charge in [0.25, 0.3) is 0 Å². The fraction of sp³-hybridized carbons (Fsp3) is 0.747. The molecule has 0 aliphatic carbocycles. The molecule has 0 rings (SSSR count). The number of aliphatic hydroxyl groups is 1. The van der Waals surface area contributed by atoms with Gasteiger partial charge in [0, 0.05) is 12.8 Å². The number of unbranched alkanes of at least 4 members (excludes halogenated alkanes) is 41. The summed E-state index contributed by atoms with van der Waals surface area (Å²) < 4.78 is 10.8. The molecule has 0 saturated heterocycles. The summed E-state index contributed by atoms with van der Waals surface area (Å²) in [6.45, 7) is 4.06. The number of allylic oxidation sites excluding steroid dienone is 18. The molecule has 5 nitrogen and oxygen atoms in total. The summed E-state index contributed by atoms with van der Waals surface area (Å²) >= 11 is 0. The third-order valence-corrected chi connectivity index (χ3v) is 16.1. The van der Waals surface area contributed by atoms with Crippen LogP contribution in [-0.2, 0) is 19.1 Å². The number of ether oxygens (including phenoxy) is 2. The largest absolute Gasteiger partial charge is 0.462 e. The summed E-state index contributed by atoms with van der Waals surface area (Å²) in [6.07, 6.45) is 107. The van der Waals surface area contributed by atoms with Crippen LogP contribution in [0.15, 0.2) is 109 Å². The van der Waals surface area contributed by atoms with E-state index >= 15 is 0 Å². The average Bonchev–Trinajstić information content (AvgIpc) is 3.51. The van der Waals surface area contributed by atoms with Gasteiger partial charge < -0.3 is 14.6 Å². The fourth-order valence-corrected chi connectivity index (χ4v) is 10.6. The van der Waals surface area contributed by atoms with Crippen LogP contribution in [0.2, 0.25) is 0 Å². The lowest BCUT2D eigenvalue weighted by Gasteiger charge is -2.15. The molecule has 0 amide bonds. The van der Waals surface area contributed by atoms with E-state index in [4.69, 9.17) is 9.47 Å². The lowest BCUT2D eigenvalue weighted by Crippen LogP contribution is -2.28. The van der Waals surface area contributed by atoms with E-state index in [9.17, 15) is 14.7 Å². The molecule has 0 aromatic carbocycles. The van der Waals surface area contributed by atoms with Gasteiger partial charge in [-0.25, -0.2) is 0 Å². The first kappa shape index (κ1) is 80.6. The van der Waals surface area contributed by atoms with Crippen molar-refractivity contribution in [3.05, 3.63) is 109 Å². The first-order valence-electron chi connectivity index (χ1n) is 36.4. The van der Waals surface area contributed by atoms with Crippen molar-refractivity contribution in [2.75, 3.05) is 13.2 Å². The second-order valence-corrected chi connectivity index (χ2v) is 24.3. The zero-order chi connectivity index (χ0) is 60.5. The number of rotatable bonds is 67. The van der Waals surface area contributed by atoms with Gasteiger partial charge in [-0.2, -0.15) is 0 Å². The Morgan fingerprint density at radius 3 is 0.786 bits per heavy atom. The predicted molar refractivity (Wildman–Crippen MR) is 371 cm³/mol. The molecule has 484 valence electrons. The maximum Gasteiger partial charge on any atom is 0.306 e. The summed E-state index contributed by atoms with van der Waals surface area (Å²) in [5.74, 6) is -0.585. The van der Waals surface area contributed by atoms with E-state index in [-0.39, 0.29) is 25.2 Å². The summed E-state index contributed by atoms with van der Waals surface area (Å²) in [5.41, 5.74) is 0. The Bertz CT molecular complexity index is 1610. The zero-order valence-electron chi connectivity index (χ0n) is 55.6. The number of hydrogen-bond acceptors (Lipinski definition) is 5. The highest BCUT2D eigenvalue weighted by atomic mass is 16.6. The van der Waals surface area contributed by atoms with Crippen LogP contribution in [0, 0.1) is 0 Å². The number of aliphatic hydroxyl groups excluding tert-OH is 1. The molecule has 0 aromatic heterocycles. The molecule has 0 spiro atoms. The molecule has 1 atom stereocenters. The van der Waals surface area contributed by atoms with E-state index in [0.717, 1.165) is 89.9 Å². The number of esters is 2. The van der Waals surface area contributed by atoms with Crippen molar-refractivity contribution in [1.82, 2.24) is 0 Å². The second kappa shape index (κ2) is 73.8. The summed E-state index contributed by atoms with van der Waals surface area (Å²) in [7, 11) is 0. The highest BCUT2D eigenvalue weighted by molar-refractivity contribution is 5.70. The van der Waals surface area contributed by atoms with Crippen molar-refractivity contribution in [3.63, 3.8) is 0 Å². The van der Waals surface area contributed by atoms with Crippen molar-refractivity contribution in [3.8, 4) is 0 Å². The number of carbonyl (C=O) groups is 2. The lowest BCUT2D eigenvalue weighted by atomic mass is 10.0. The molecule has 1 N–H and O–H groups in total. The molecule has 5 heteroatoms. The van der Waals surface area contributed by atoms with Crippen LogP contribution in [0.1, 0.15) is 361 Å². The molecule has 0 aromatic rings. The fourth-order valence-electron chi connectivity index (χ4n) is 10.6. The molecule has 84 heavy (non-hydrogen) atoms. The molecule has 0 aliphatic rings. The van der Waals surface area contributed by atoms with Crippen molar-refractivity contribution >= 4 is 11.9 Å². The van der Waals surface area contributed by atoms with Crippen LogP contribution in [0.4, 0.5) is 0 Å². The Hall–Kier alpha value is -3.44. The van der Waals surface area contributed by atoms with E-state index in [1.165, 1.54) is 244 Å². The Balaban J connectivity index is 3.47.